The minimum atomic E-state index is -0.831. The highest BCUT2D eigenvalue weighted by Crippen LogP contribution is 2.28. The Hall–Kier alpha value is -4.14. The van der Waals surface area contributed by atoms with Crippen LogP contribution < -0.4 is 20.3 Å². The van der Waals surface area contributed by atoms with Crippen molar-refractivity contribution in [2.24, 2.45) is 0 Å². The van der Waals surface area contributed by atoms with E-state index in [2.05, 4.69) is 10.6 Å². The predicted molar refractivity (Wildman–Crippen MR) is 132 cm³/mol. The van der Waals surface area contributed by atoms with Crippen LogP contribution in [0.4, 0.5) is 16.2 Å². The number of anilines is 2. The Morgan fingerprint density at radius 1 is 0.971 bits per heavy atom. The molecule has 1 saturated heterocycles. The van der Waals surface area contributed by atoms with Crippen molar-refractivity contribution in [2.75, 3.05) is 16.8 Å². The van der Waals surface area contributed by atoms with Gasteiger partial charge in [-0.2, -0.15) is 0 Å². The van der Waals surface area contributed by atoms with Gasteiger partial charge in [-0.15, -0.1) is 0 Å². The largest absolute Gasteiger partial charge is 0.482 e. The number of hydrogen-bond donors (Lipinski definition) is 2. The van der Waals surface area contributed by atoms with E-state index in [0.29, 0.717) is 22.0 Å². The quantitative estimate of drug-likeness (QED) is 0.370. The summed E-state index contributed by atoms with van der Waals surface area (Å²) < 4.78 is 5.48. The van der Waals surface area contributed by atoms with Crippen LogP contribution in [0.2, 0.25) is 10.0 Å². The van der Waals surface area contributed by atoms with Crippen molar-refractivity contribution >= 4 is 64.4 Å². The summed E-state index contributed by atoms with van der Waals surface area (Å²) in [7, 11) is 0. The van der Waals surface area contributed by atoms with E-state index >= 15 is 0 Å². The van der Waals surface area contributed by atoms with Gasteiger partial charge in [-0.05, 0) is 60.2 Å². The lowest BCUT2D eigenvalue weighted by atomic mass is 10.1. The fourth-order valence-electron chi connectivity index (χ4n) is 3.23. The summed E-state index contributed by atoms with van der Waals surface area (Å²) in [6, 6.07) is 18.6. The number of carbonyl (C=O) groups excluding carboxylic acids is 4. The Kier molecular flexibility index (Phi) is 7.14. The monoisotopic (exact) mass is 509 g/mol. The highest BCUT2D eigenvalue weighted by atomic mass is 35.5. The molecule has 1 fully saturated rings. The van der Waals surface area contributed by atoms with E-state index in [-0.39, 0.29) is 23.0 Å². The van der Waals surface area contributed by atoms with Gasteiger partial charge in [0.05, 0.1) is 10.7 Å². The van der Waals surface area contributed by atoms with Crippen LogP contribution in [0.1, 0.15) is 5.56 Å². The first-order valence-corrected chi connectivity index (χ1v) is 11.0. The average molecular weight is 510 g/mol. The Bertz CT molecular complexity index is 1340. The number of benzene rings is 3. The minimum Gasteiger partial charge on any atom is -0.482 e. The molecule has 176 valence electrons. The van der Waals surface area contributed by atoms with E-state index < -0.39 is 23.8 Å². The summed E-state index contributed by atoms with van der Waals surface area (Å²) in [6.45, 7) is -0.294. The molecule has 0 aromatic heterocycles. The Labute approximate surface area is 210 Å². The lowest BCUT2D eigenvalue weighted by Gasteiger charge is -2.26. The fraction of sp³-hybridized carbons (Fsp3) is 0.0400. The van der Waals surface area contributed by atoms with Crippen LogP contribution in [0.25, 0.3) is 6.08 Å². The molecule has 0 bridgehead atoms. The highest BCUT2D eigenvalue weighted by Gasteiger charge is 2.36. The molecule has 0 atom stereocenters. The summed E-state index contributed by atoms with van der Waals surface area (Å²) in [5, 5.41) is 5.54. The SMILES string of the molecule is O=C(COc1ccc(/C=C2\C(=O)NC(=O)N(c3ccccc3)C2=O)cc1Cl)Nc1ccc(Cl)cc1. The van der Waals surface area contributed by atoms with Crippen molar-refractivity contribution in [3.8, 4) is 5.75 Å². The van der Waals surface area contributed by atoms with Crippen LogP contribution in [0.15, 0.2) is 78.4 Å². The smallest absolute Gasteiger partial charge is 0.335 e. The first-order valence-electron chi connectivity index (χ1n) is 10.3. The number of imide groups is 2. The summed E-state index contributed by atoms with van der Waals surface area (Å²) >= 11 is 12.1. The van der Waals surface area contributed by atoms with Crippen molar-refractivity contribution in [3.63, 3.8) is 0 Å². The fourth-order valence-corrected chi connectivity index (χ4v) is 3.60. The molecular formula is C25H17Cl2N3O5. The standard InChI is InChI=1S/C25H17Cl2N3O5/c26-16-7-9-17(10-8-16)28-22(31)14-35-21-11-6-15(13-20(21)27)12-19-23(32)29-25(34)30(24(19)33)18-4-2-1-3-5-18/h1-13H,14H2,(H,28,31)(H,29,32,34)/b19-12+. The number of nitrogens with one attached hydrogen (secondary N) is 2. The molecule has 10 heteroatoms. The molecule has 1 heterocycles. The molecule has 3 aromatic carbocycles. The molecule has 4 rings (SSSR count). The van der Waals surface area contributed by atoms with E-state index in [4.69, 9.17) is 27.9 Å². The number of barbiturate groups is 1. The van der Waals surface area contributed by atoms with Crippen molar-refractivity contribution in [2.45, 2.75) is 0 Å². The Morgan fingerprint density at radius 3 is 2.37 bits per heavy atom. The normalized spacial score (nSPS) is 14.6. The van der Waals surface area contributed by atoms with E-state index in [1.54, 1.807) is 60.7 Å². The first kappa shape index (κ1) is 24.0. The molecule has 0 unspecified atom stereocenters. The van der Waals surface area contributed by atoms with Crippen molar-refractivity contribution < 1.29 is 23.9 Å². The van der Waals surface area contributed by atoms with Crippen LogP contribution >= 0.6 is 23.2 Å². The second-order valence-corrected chi connectivity index (χ2v) is 8.17. The number of urea groups is 1. The lowest BCUT2D eigenvalue weighted by molar-refractivity contribution is -0.122. The summed E-state index contributed by atoms with van der Waals surface area (Å²) in [5.41, 5.74) is 1.08. The Morgan fingerprint density at radius 2 is 1.69 bits per heavy atom. The average Bonchev–Trinajstić information content (AvgIpc) is 2.83. The highest BCUT2D eigenvalue weighted by molar-refractivity contribution is 6.39. The van der Waals surface area contributed by atoms with Crippen molar-refractivity contribution in [1.82, 2.24) is 5.32 Å². The predicted octanol–water partition coefficient (Wildman–Crippen LogP) is 4.68. The molecule has 1 aliphatic rings. The number of amides is 5. The zero-order valence-corrected chi connectivity index (χ0v) is 19.5. The second-order valence-electron chi connectivity index (χ2n) is 7.33. The van der Waals surface area contributed by atoms with Gasteiger partial charge >= 0.3 is 6.03 Å². The van der Waals surface area contributed by atoms with Gasteiger partial charge in [0, 0.05) is 10.7 Å². The molecule has 0 saturated carbocycles. The zero-order valence-electron chi connectivity index (χ0n) is 18.0. The van der Waals surface area contributed by atoms with Gasteiger partial charge in [0.1, 0.15) is 11.3 Å². The van der Waals surface area contributed by atoms with Gasteiger partial charge < -0.3 is 10.1 Å². The zero-order chi connectivity index (χ0) is 24.9. The number of halogens is 2. The third-order valence-electron chi connectivity index (χ3n) is 4.87. The maximum atomic E-state index is 12.9. The van der Waals surface area contributed by atoms with Crippen molar-refractivity contribution in [1.29, 1.82) is 0 Å². The van der Waals surface area contributed by atoms with Crippen LogP contribution in [-0.2, 0) is 14.4 Å². The molecule has 0 aliphatic carbocycles. The van der Waals surface area contributed by atoms with Crippen LogP contribution in [0.5, 0.6) is 5.75 Å². The lowest BCUT2D eigenvalue weighted by Crippen LogP contribution is -2.54. The molecule has 0 radical (unpaired) electrons. The molecular weight excluding hydrogens is 493 g/mol. The number of para-hydroxylation sites is 1. The third kappa shape index (κ3) is 5.68. The van der Waals surface area contributed by atoms with Crippen molar-refractivity contribution in [3.05, 3.63) is 94.0 Å². The van der Waals surface area contributed by atoms with Crippen LogP contribution in [-0.4, -0.2) is 30.4 Å². The van der Waals surface area contributed by atoms with Gasteiger partial charge in [0.2, 0.25) is 0 Å². The molecule has 8 nitrogen and oxygen atoms in total. The molecule has 0 spiro atoms. The molecule has 3 aromatic rings. The Balaban J connectivity index is 1.46. The van der Waals surface area contributed by atoms with Crippen LogP contribution in [0, 0.1) is 0 Å². The first-order chi connectivity index (χ1) is 16.8. The summed E-state index contributed by atoms with van der Waals surface area (Å²) in [4.78, 5) is 50.5. The van der Waals surface area contributed by atoms with E-state index in [9.17, 15) is 19.2 Å². The van der Waals surface area contributed by atoms with Gasteiger partial charge in [-0.1, -0.05) is 47.5 Å². The number of ether oxygens (including phenoxy) is 1. The maximum Gasteiger partial charge on any atom is 0.335 e. The van der Waals surface area contributed by atoms with E-state index in [1.807, 2.05) is 0 Å². The van der Waals surface area contributed by atoms with Gasteiger partial charge in [-0.3, -0.25) is 19.7 Å². The maximum absolute atomic E-state index is 12.9. The molecule has 1 aliphatic heterocycles. The molecule has 2 N–H and O–H groups in total. The van der Waals surface area contributed by atoms with Gasteiger partial charge in [0.15, 0.2) is 6.61 Å². The van der Waals surface area contributed by atoms with Gasteiger partial charge in [0.25, 0.3) is 17.7 Å². The van der Waals surface area contributed by atoms with Crippen LogP contribution in [0.3, 0.4) is 0 Å². The summed E-state index contributed by atoms with van der Waals surface area (Å²) in [5.74, 6) is -1.74. The molecule has 35 heavy (non-hydrogen) atoms. The minimum absolute atomic E-state index is 0.165. The summed E-state index contributed by atoms with van der Waals surface area (Å²) in [6.07, 6.45) is 1.32. The second kappa shape index (κ2) is 10.4. The molecule has 5 amide bonds. The number of carbonyl (C=O) groups is 4. The number of hydrogen-bond acceptors (Lipinski definition) is 5. The topological polar surface area (TPSA) is 105 Å². The number of rotatable bonds is 6. The van der Waals surface area contributed by atoms with E-state index in [1.165, 1.54) is 18.2 Å². The van der Waals surface area contributed by atoms with E-state index in [0.717, 1.165) is 4.90 Å². The number of nitrogens with zero attached hydrogens (tertiary/aromatic N) is 1. The third-order valence-corrected chi connectivity index (χ3v) is 5.42. The van der Waals surface area contributed by atoms with Gasteiger partial charge in [-0.25, -0.2) is 9.69 Å².